The van der Waals surface area contributed by atoms with E-state index in [1.54, 1.807) is 0 Å². The zero-order valence-electron chi connectivity index (χ0n) is 12.1. The van der Waals surface area contributed by atoms with Crippen LogP contribution in [0, 0.1) is 6.92 Å². The average Bonchev–Trinajstić information content (AvgIpc) is 2.93. The summed E-state index contributed by atoms with van der Waals surface area (Å²) in [6.45, 7) is 3.37. The van der Waals surface area contributed by atoms with Crippen LogP contribution < -0.4 is 5.73 Å². The zero-order valence-corrected chi connectivity index (χ0v) is 12.1. The lowest BCUT2D eigenvalue weighted by atomic mass is 10.1. The van der Waals surface area contributed by atoms with Crippen molar-refractivity contribution in [2.45, 2.75) is 19.4 Å². The highest BCUT2D eigenvalue weighted by Gasteiger charge is 2.24. The second-order valence-corrected chi connectivity index (χ2v) is 5.54. The lowest BCUT2D eigenvalue weighted by Crippen LogP contribution is -2.31. The predicted molar refractivity (Wildman–Crippen MR) is 82.9 cm³/mol. The van der Waals surface area contributed by atoms with Gasteiger partial charge in [0.15, 0.2) is 0 Å². The van der Waals surface area contributed by atoms with Gasteiger partial charge in [-0.25, -0.2) is 0 Å². The largest absolute Gasteiger partial charge is 0.337 e. The summed E-state index contributed by atoms with van der Waals surface area (Å²) in [5.41, 5.74) is 9.50. The van der Waals surface area contributed by atoms with Crippen LogP contribution in [-0.2, 0) is 0 Å². The topological polar surface area (TPSA) is 59.2 Å². The molecule has 2 N–H and O–H groups in total. The van der Waals surface area contributed by atoms with Crippen LogP contribution in [0.15, 0.2) is 42.5 Å². The number of aromatic nitrogens is 1. The average molecular weight is 281 g/mol. The van der Waals surface area contributed by atoms with Gasteiger partial charge in [0.25, 0.3) is 5.91 Å². The number of aryl methyl sites for hydroxylation is 1. The van der Waals surface area contributed by atoms with Crippen molar-refractivity contribution in [3.05, 3.63) is 53.7 Å². The Morgan fingerprint density at radius 2 is 2.00 bits per heavy atom. The summed E-state index contributed by atoms with van der Waals surface area (Å²) in [7, 11) is 0. The van der Waals surface area contributed by atoms with Crippen LogP contribution in [0.5, 0.6) is 0 Å². The molecule has 1 aromatic carbocycles. The maximum atomic E-state index is 12.3. The smallest absolute Gasteiger partial charge is 0.253 e. The van der Waals surface area contributed by atoms with Crippen molar-refractivity contribution in [3.8, 4) is 11.3 Å². The van der Waals surface area contributed by atoms with Crippen molar-refractivity contribution >= 4 is 5.91 Å². The van der Waals surface area contributed by atoms with Gasteiger partial charge in [0.1, 0.15) is 0 Å². The number of nitrogens with zero attached hydrogens (tertiary/aromatic N) is 2. The highest BCUT2D eigenvalue weighted by atomic mass is 16.2. The van der Waals surface area contributed by atoms with E-state index < -0.39 is 0 Å². The Labute approximate surface area is 124 Å². The molecule has 0 saturated carbocycles. The molecule has 2 aromatic rings. The normalized spacial score (nSPS) is 18.0. The van der Waals surface area contributed by atoms with Crippen LogP contribution >= 0.6 is 0 Å². The lowest BCUT2D eigenvalue weighted by Gasteiger charge is -2.15. The van der Waals surface area contributed by atoms with Crippen molar-refractivity contribution in [1.82, 2.24) is 9.88 Å². The molecular weight excluding hydrogens is 262 g/mol. The maximum Gasteiger partial charge on any atom is 0.253 e. The molecule has 0 radical (unpaired) electrons. The summed E-state index contributed by atoms with van der Waals surface area (Å²) in [5, 5.41) is 0. The molecule has 21 heavy (non-hydrogen) atoms. The number of hydrogen-bond donors (Lipinski definition) is 1. The van der Waals surface area contributed by atoms with Crippen LogP contribution in [-0.4, -0.2) is 34.9 Å². The van der Waals surface area contributed by atoms with Crippen LogP contribution in [0.2, 0.25) is 0 Å². The molecule has 108 valence electrons. The van der Waals surface area contributed by atoms with Gasteiger partial charge in [-0.3, -0.25) is 9.78 Å². The van der Waals surface area contributed by atoms with Gasteiger partial charge in [0, 0.05) is 36.0 Å². The van der Waals surface area contributed by atoms with Gasteiger partial charge < -0.3 is 10.6 Å². The van der Waals surface area contributed by atoms with Crippen molar-refractivity contribution in [2.75, 3.05) is 13.1 Å². The number of nitrogens with two attached hydrogens (primary N) is 1. The minimum atomic E-state index is 0.0618. The molecule has 4 nitrogen and oxygen atoms in total. The molecule has 0 bridgehead atoms. The monoisotopic (exact) mass is 281 g/mol. The SMILES string of the molecule is Cc1cccc(-c2ccc(C(=O)N3CCC(N)C3)cc2)n1. The third-order valence-corrected chi connectivity index (χ3v) is 3.83. The first kappa shape index (κ1) is 13.8. The molecule has 1 unspecified atom stereocenters. The van der Waals surface area contributed by atoms with Gasteiger partial charge in [-0.05, 0) is 37.6 Å². The number of benzene rings is 1. The van der Waals surface area contributed by atoms with Gasteiger partial charge in [-0.1, -0.05) is 18.2 Å². The van der Waals surface area contributed by atoms with Crippen LogP contribution in [0.1, 0.15) is 22.5 Å². The number of carbonyl (C=O) groups excluding carboxylic acids is 1. The Morgan fingerprint density at radius 3 is 2.62 bits per heavy atom. The molecule has 0 spiro atoms. The van der Waals surface area contributed by atoms with E-state index in [0.717, 1.165) is 29.9 Å². The van der Waals surface area contributed by atoms with E-state index >= 15 is 0 Å². The quantitative estimate of drug-likeness (QED) is 0.918. The number of pyridine rings is 1. The Morgan fingerprint density at radius 1 is 1.24 bits per heavy atom. The van der Waals surface area contributed by atoms with Crippen molar-refractivity contribution < 1.29 is 4.79 Å². The standard InChI is InChI=1S/C17H19N3O/c1-12-3-2-4-16(19-12)13-5-7-14(8-6-13)17(21)20-10-9-15(18)11-20/h2-8,15H,9-11,18H2,1H3. The molecule has 1 aromatic heterocycles. The summed E-state index contributed by atoms with van der Waals surface area (Å²) in [6.07, 6.45) is 0.886. The molecule has 1 aliphatic rings. The fourth-order valence-electron chi connectivity index (χ4n) is 2.64. The van der Waals surface area contributed by atoms with Gasteiger partial charge in [-0.15, -0.1) is 0 Å². The highest BCUT2D eigenvalue weighted by Crippen LogP contribution is 2.19. The number of amides is 1. The molecule has 3 rings (SSSR count). The first-order chi connectivity index (χ1) is 10.1. The van der Waals surface area contributed by atoms with Crippen molar-refractivity contribution in [3.63, 3.8) is 0 Å². The summed E-state index contributed by atoms with van der Waals surface area (Å²) >= 11 is 0. The second kappa shape index (κ2) is 5.66. The van der Waals surface area contributed by atoms with Crippen molar-refractivity contribution in [2.24, 2.45) is 5.73 Å². The molecule has 1 amide bonds. The van der Waals surface area contributed by atoms with E-state index in [1.807, 2.05) is 54.3 Å². The molecule has 1 aliphatic heterocycles. The Hall–Kier alpha value is -2.20. The maximum absolute atomic E-state index is 12.3. The van der Waals surface area contributed by atoms with E-state index in [9.17, 15) is 4.79 Å². The van der Waals surface area contributed by atoms with Gasteiger partial charge in [0.05, 0.1) is 5.69 Å². The number of likely N-dealkylation sites (tertiary alicyclic amines) is 1. The minimum absolute atomic E-state index is 0.0618. The van der Waals surface area contributed by atoms with Gasteiger partial charge in [-0.2, -0.15) is 0 Å². The highest BCUT2D eigenvalue weighted by molar-refractivity contribution is 5.94. The molecule has 1 fully saturated rings. The van der Waals surface area contributed by atoms with Crippen molar-refractivity contribution in [1.29, 1.82) is 0 Å². The third-order valence-electron chi connectivity index (χ3n) is 3.83. The first-order valence-electron chi connectivity index (χ1n) is 7.22. The van der Waals surface area contributed by atoms with Crippen LogP contribution in [0.3, 0.4) is 0 Å². The summed E-state index contributed by atoms with van der Waals surface area (Å²) in [4.78, 5) is 18.7. The molecular formula is C17H19N3O. The Kier molecular flexibility index (Phi) is 3.71. The Balaban J connectivity index is 1.79. The fraction of sp³-hybridized carbons (Fsp3) is 0.294. The number of hydrogen-bond acceptors (Lipinski definition) is 3. The summed E-state index contributed by atoms with van der Waals surface area (Å²) in [6, 6.07) is 13.7. The third kappa shape index (κ3) is 2.95. The molecule has 1 atom stereocenters. The van der Waals surface area contributed by atoms with E-state index in [4.69, 9.17) is 5.73 Å². The number of carbonyl (C=O) groups is 1. The predicted octanol–water partition coefficient (Wildman–Crippen LogP) is 2.23. The lowest BCUT2D eigenvalue weighted by molar-refractivity contribution is 0.0791. The molecule has 4 heteroatoms. The van der Waals surface area contributed by atoms with E-state index in [2.05, 4.69) is 4.98 Å². The molecule has 2 heterocycles. The fourth-order valence-corrected chi connectivity index (χ4v) is 2.64. The second-order valence-electron chi connectivity index (χ2n) is 5.54. The minimum Gasteiger partial charge on any atom is -0.337 e. The van der Waals surface area contributed by atoms with Crippen LogP contribution in [0.25, 0.3) is 11.3 Å². The first-order valence-corrected chi connectivity index (χ1v) is 7.22. The van der Waals surface area contributed by atoms with Gasteiger partial charge in [0.2, 0.25) is 0 Å². The zero-order chi connectivity index (χ0) is 14.8. The summed E-state index contributed by atoms with van der Waals surface area (Å²) in [5.74, 6) is 0.0618. The molecule has 1 saturated heterocycles. The van der Waals surface area contributed by atoms with E-state index in [1.165, 1.54) is 0 Å². The van der Waals surface area contributed by atoms with Crippen LogP contribution in [0.4, 0.5) is 0 Å². The summed E-state index contributed by atoms with van der Waals surface area (Å²) < 4.78 is 0. The van der Waals surface area contributed by atoms with E-state index in [-0.39, 0.29) is 11.9 Å². The molecule has 0 aliphatic carbocycles. The Bertz CT molecular complexity index is 651. The number of rotatable bonds is 2. The van der Waals surface area contributed by atoms with E-state index in [0.29, 0.717) is 12.1 Å². The van der Waals surface area contributed by atoms with Gasteiger partial charge >= 0.3 is 0 Å².